The molecule has 1 aliphatic rings. The second kappa shape index (κ2) is 2.85. The first-order chi connectivity index (χ1) is 6.20. The number of nitrogens with one attached hydrogen (secondary N) is 2. The van der Waals surface area contributed by atoms with Gasteiger partial charge in [-0.2, -0.15) is 0 Å². The van der Waals surface area contributed by atoms with Crippen molar-refractivity contribution in [3.63, 3.8) is 0 Å². The summed E-state index contributed by atoms with van der Waals surface area (Å²) in [7, 11) is 0. The van der Waals surface area contributed by atoms with Crippen molar-refractivity contribution < 1.29 is 9.59 Å². The zero-order valence-corrected chi connectivity index (χ0v) is 7.77. The van der Waals surface area contributed by atoms with Gasteiger partial charge in [-0.15, -0.1) is 11.3 Å². The van der Waals surface area contributed by atoms with Crippen LogP contribution in [-0.2, 0) is 0 Å². The number of fused-ring (bicyclic) bond motifs is 1. The van der Waals surface area contributed by atoms with E-state index < -0.39 is 0 Å². The Morgan fingerprint density at radius 3 is 3.08 bits per heavy atom. The summed E-state index contributed by atoms with van der Waals surface area (Å²) in [5.41, 5.74) is 0.978. The monoisotopic (exact) mass is 196 g/mol. The quantitative estimate of drug-likeness (QED) is 0.672. The highest BCUT2D eigenvalue weighted by Crippen LogP contribution is 2.34. The number of thiophene rings is 1. The first kappa shape index (κ1) is 8.25. The van der Waals surface area contributed by atoms with E-state index >= 15 is 0 Å². The van der Waals surface area contributed by atoms with Gasteiger partial charge in [0.15, 0.2) is 6.29 Å². The van der Waals surface area contributed by atoms with E-state index in [1.807, 2.05) is 6.92 Å². The highest BCUT2D eigenvalue weighted by molar-refractivity contribution is 7.18. The molecule has 1 aromatic rings. The van der Waals surface area contributed by atoms with E-state index in [1.54, 1.807) is 6.07 Å². The van der Waals surface area contributed by atoms with Gasteiger partial charge < -0.3 is 5.32 Å². The van der Waals surface area contributed by atoms with Crippen LogP contribution in [0.1, 0.15) is 28.2 Å². The second-order valence-electron chi connectivity index (χ2n) is 2.87. The number of urea groups is 1. The normalized spacial score (nSPS) is 20.1. The summed E-state index contributed by atoms with van der Waals surface area (Å²) in [5.74, 6) is 0. The van der Waals surface area contributed by atoms with E-state index in [0.29, 0.717) is 4.88 Å². The Bertz CT molecular complexity index is 372. The van der Waals surface area contributed by atoms with Gasteiger partial charge in [0.05, 0.1) is 10.9 Å². The summed E-state index contributed by atoms with van der Waals surface area (Å²) in [6, 6.07) is 1.57. The molecular formula is C8H8N2O2S. The minimum absolute atomic E-state index is 0.0197. The van der Waals surface area contributed by atoms with Crippen molar-refractivity contribution in [1.82, 2.24) is 5.32 Å². The summed E-state index contributed by atoms with van der Waals surface area (Å²) in [4.78, 5) is 22.2. The van der Waals surface area contributed by atoms with E-state index in [-0.39, 0.29) is 12.1 Å². The van der Waals surface area contributed by atoms with Crippen molar-refractivity contribution in [2.24, 2.45) is 0 Å². The molecule has 2 amide bonds. The number of hydrogen-bond acceptors (Lipinski definition) is 3. The van der Waals surface area contributed by atoms with E-state index in [1.165, 1.54) is 11.3 Å². The van der Waals surface area contributed by atoms with Crippen molar-refractivity contribution >= 4 is 28.7 Å². The number of carbonyl (C=O) groups is 2. The van der Waals surface area contributed by atoms with Crippen molar-refractivity contribution in [2.45, 2.75) is 13.0 Å². The molecule has 13 heavy (non-hydrogen) atoms. The van der Waals surface area contributed by atoms with Gasteiger partial charge in [-0.25, -0.2) is 4.79 Å². The third kappa shape index (κ3) is 1.31. The fraction of sp³-hybridized carbons (Fsp3) is 0.250. The van der Waals surface area contributed by atoms with E-state index in [2.05, 4.69) is 10.6 Å². The summed E-state index contributed by atoms with van der Waals surface area (Å²) >= 11 is 1.30. The van der Waals surface area contributed by atoms with E-state index in [4.69, 9.17) is 0 Å². The lowest BCUT2D eigenvalue weighted by Crippen LogP contribution is -2.35. The van der Waals surface area contributed by atoms with Gasteiger partial charge >= 0.3 is 6.03 Å². The number of rotatable bonds is 1. The predicted octanol–water partition coefficient (Wildman–Crippen LogP) is 1.76. The van der Waals surface area contributed by atoms with Crippen LogP contribution in [0.25, 0.3) is 0 Å². The maximum absolute atomic E-state index is 11.0. The molecule has 2 N–H and O–H groups in total. The van der Waals surface area contributed by atoms with Crippen LogP contribution in [0.15, 0.2) is 6.07 Å². The van der Waals surface area contributed by atoms with Crippen LogP contribution in [0, 0.1) is 0 Å². The summed E-state index contributed by atoms with van der Waals surface area (Å²) in [5, 5.41) is 6.14. The van der Waals surface area contributed by atoms with Crippen LogP contribution in [0.4, 0.5) is 9.80 Å². The Morgan fingerprint density at radius 2 is 2.38 bits per heavy atom. The van der Waals surface area contributed by atoms with Gasteiger partial charge in [0, 0.05) is 5.56 Å². The maximum Gasteiger partial charge on any atom is 0.320 e. The fourth-order valence-corrected chi connectivity index (χ4v) is 2.28. The molecule has 0 spiro atoms. The van der Waals surface area contributed by atoms with E-state index in [0.717, 1.165) is 16.9 Å². The smallest absolute Gasteiger partial charge is 0.320 e. The van der Waals surface area contributed by atoms with Crippen molar-refractivity contribution in [2.75, 3.05) is 5.32 Å². The van der Waals surface area contributed by atoms with Gasteiger partial charge in [-0.1, -0.05) is 0 Å². The number of carbonyl (C=O) groups excluding carboxylic acids is 2. The molecule has 0 bridgehead atoms. The molecule has 0 saturated heterocycles. The van der Waals surface area contributed by atoms with Crippen molar-refractivity contribution in [3.05, 3.63) is 16.5 Å². The predicted molar refractivity (Wildman–Crippen MR) is 50.3 cm³/mol. The van der Waals surface area contributed by atoms with Crippen LogP contribution in [-0.4, -0.2) is 12.3 Å². The highest BCUT2D eigenvalue weighted by Gasteiger charge is 2.22. The first-order valence-electron chi connectivity index (χ1n) is 3.87. The fourth-order valence-electron chi connectivity index (χ4n) is 1.32. The molecule has 2 rings (SSSR count). The lowest BCUT2D eigenvalue weighted by atomic mass is 10.1. The molecular weight excluding hydrogens is 188 g/mol. The standard InChI is InChI=1S/C8H8N2O2S/c1-4-6-2-5(3-11)13-7(6)10-8(12)9-4/h2-4H,1H3,(H2,9,10,12). The van der Waals surface area contributed by atoms with Gasteiger partial charge in [0.2, 0.25) is 0 Å². The number of hydrogen-bond donors (Lipinski definition) is 2. The molecule has 1 aliphatic heterocycles. The summed E-state index contributed by atoms with van der Waals surface area (Å²) in [6.45, 7) is 1.89. The molecule has 0 fully saturated rings. The lowest BCUT2D eigenvalue weighted by molar-refractivity contribution is 0.112. The van der Waals surface area contributed by atoms with Crippen LogP contribution >= 0.6 is 11.3 Å². The van der Waals surface area contributed by atoms with E-state index in [9.17, 15) is 9.59 Å². The summed E-state index contributed by atoms with van der Waals surface area (Å²) in [6.07, 6.45) is 0.794. The van der Waals surface area contributed by atoms with Gasteiger partial charge in [-0.3, -0.25) is 10.1 Å². The van der Waals surface area contributed by atoms with Crippen LogP contribution in [0.5, 0.6) is 0 Å². The number of anilines is 1. The van der Waals surface area contributed by atoms with Gasteiger partial charge in [-0.05, 0) is 13.0 Å². The van der Waals surface area contributed by atoms with Gasteiger partial charge in [0.1, 0.15) is 5.00 Å². The average molecular weight is 196 g/mol. The zero-order chi connectivity index (χ0) is 9.42. The molecule has 5 heteroatoms. The average Bonchev–Trinajstić information content (AvgIpc) is 2.47. The Morgan fingerprint density at radius 1 is 1.62 bits per heavy atom. The molecule has 68 valence electrons. The van der Waals surface area contributed by atoms with Gasteiger partial charge in [0.25, 0.3) is 0 Å². The molecule has 1 aromatic heterocycles. The SMILES string of the molecule is CC1NC(=O)Nc2sc(C=O)cc21. The number of aldehydes is 1. The second-order valence-corrected chi connectivity index (χ2v) is 3.96. The molecule has 0 saturated carbocycles. The lowest BCUT2D eigenvalue weighted by Gasteiger charge is -2.20. The first-order valence-corrected chi connectivity index (χ1v) is 4.69. The maximum atomic E-state index is 11.0. The minimum Gasteiger partial charge on any atom is -0.331 e. The molecule has 2 heterocycles. The molecule has 1 atom stereocenters. The zero-order valence-electron chi connectivity index (χ0n) is 6.96. The van der Waals surface area contributed by atoms with Crippen molar-refractivity contribution in [3.8, 4) is 0 Å². The minimum atomic E-state index is -0.209. The Balaban J connectivity index is 2.46. The van der Waals surface area contributed by atoms with Crippen molar-refractivity contribution in [1.29, 1.82) is 0 Å². The molecule has 1 unspecified atom stereocenters. The van der Waals surface area contributed by atoms with Crippen LogP contribution < -0.4 is 10.6 Å². The third-order valence-electron chi connectivity index (χ3n) is 1.94. The topological polar surface area (TPSA) is 58.2 Å². The third-order valence-corrected chi connectivity index (χ3v) is 2.93. The highest BCUT2D eigenvalue weighted by atomic mass is 32.1. The van der Waals surface area contributed by atoms with Crippen LogP contribution in [0.2, 0.25) is 0 Å². The Hall–Kier alpha value is -1.36. The Kier molecular flexibility index (Phi) is 1.81. The van der Waals surface area contributed by atoms with Crippen LogP contribution in [0.3, 0.4) is 0 Å². The molecule has 0 aromatic carbocycles. The molecule has 4 nitrogen and oxygen atoms in total. The summed E-state index contributed by atoms with van der Waals surface area (Å²) < 4.78 is 0. The molecule has 0 radical (unpaired) electrons. The molecule has 0 aliphatic carbocycles. The largest absolute Gasteiger partial charge is 0.331 e. The Labute approximate surface area is 78.9 Å². The number of amides is 2.